The van der Waals surface area contributed by atoms with Crippen LogP contribution in [0.1, 0.15) is 74.1 Å². The Hall–Kier alpha value is -0.0800. The highest BCUT2D eigenvalue weighted by Gasteiger charge is 2.23. The van der Waals surface area contributed by atoms with Gasteiger partial charge in [-0.15, -0.1) is 0 Å². The fourth-order valence-corrected chi connectivity index (χ4v) is 2.20. The van der Waals surface area contributed by atoms with Crippen molar-refractivity contribution in [1.82, 2.24) is 10.2 Å². The summed E-state index contributed by atoms with van der Waals surface area (Å²) in [6.45, 7) is 20.9. The zero-order valence-corrected chi connectivity index (χ0v) is 14.6. The molecule has 0 saturated carbocycles. The highest BCUT2D eigenvalue weighted by Crippen LogP contribution is 2.18. The van der Waals surface area contributed by atoms with Crippen molar-refractivity contribution in [1.29, 1.82) is 0 Å². The standard InChI is InChI=1S/C17H38N2/c1-8-10-12-19(13-11-9-2)15-17(6,7)14-18-16(3,4)5/h18H,8-15H2,1-7H3. The molecule has 0 aliphatic rings. The van der Waals surface area contributed by atoms with Crippen LogP contribution in [0.15, 0.2) is 0 Å². The van der Waals surface area contributed by atoms with E-state index in [9.17, 15) is 0 Å². The molecule has 19 heavy (non-hydrogen) atoms. The van der Waals surface area contributed by atoms with Crippen LogP contribution in [-0.2, 0) is 0 Å². The third kappa shape index (κ3) is 11.4. The van der Waals surface area contributed by atoms with Crippen molar-refractivity contribution in [2.24, 2.45) is 5.41 Å². The minimum Gasteiger partial charge on any atom is -0.311 e. The third-order valence-corrected chi connectivity index (χ3v) is 3.40. The second kappa shape index (κ2) is 8.97. The Bertz CT molecular complexity index is 208. The smallest absolute Gasteiger partial charge is 0.00967 e. The summed E-state index contributed by atoms with van der Waals surface area (Å²) in [6, 6.07) is 0. The van der Waals surface area contributed by atoms with Crippen LogP contribution in [0.3, 0.4) is 0 Å². The lowest BCUT2D eigenvalue weighted by atomic mass is 9.91. The van der Waals surface area contributed by atoms with Gasteiger partial charge in [0.05, 0.1) is 0 Å². The molecular formula is C17H38N2. The summed E-state index contributed by atoms with van der Waals surface area (Å²) in [5, 5.41) is 3.65. The Labute approximate surface area is 122 Å². The first-order valence-corrected chi connectivity index (χ1v) is 8.17. The number of hydrogen-bond acceptors (Lipinski definition) is 2. The first-order valence-electron chi connectivity index (χ1n) is 8.17. The molecule has 116 valence electrons. The first-order chi connectivity index (χ1) is 8.70. The Morgan fingerprint density at radius 3 is 1.68 bits per heavy atom. The van der Waals surface area contributed by atoms with Gasteiger partial charge in [-0.3, -0.25) is 0 Å². The van der Waals surface area contributed by atoms with E-state index in [1.807, 2.05) is 0 Å². The largest absolute Gasteiger partial charge is 0.311 e. The van der Waals surface area contributed by atoms with E-state index >= 15 is 0 Å². The van der Waals surface area contributed by atoms with E-state index in [1.54, 1.807) is 0 Å². The number of hydrogen-bond donors (Lipinski definition) is 1. The Kier molecular flexibility index (Phi) is 8.93. The van der Waals surface area contributed by atoms with Gasteiger partial charge in [0.1, 0.15) is 0 Å². The van der Waals surface area contributed by atoms with Gasteiger partial charge >= 0.3 is 0 Å². The number of rotatable bonds is 10. The molecular weight excluding hydrogens is 232 g/mol. The molecule has 0 aliphatic heterocycles. The average Bonchev–Trinajstić information content (AvgIpc) is 2.29. The number of nitrogens with zero attached hydrogens (tertiary/aromatic N) is 1. The second-order valence-electron chi connectivity index (χ2n) is 7.75. The van der Waals surface area contributed by atoms with Crippen molar-refractivity contribution in [3.8, 4) is 0 Å². The molecule has 0 bridgehead atoms. The maximum Gasteiger partial charge on any atom is 0.00967 e. The average molecular weight is 271 g/mol. The molecule has 0 aliphatic carbocycles. The summed E-state index contributed by atoms with van der Waals surface area (Å²) in [5.41, 5.74) is 0.559. The minimum absolute atomic E-state index is 0.217. The summed E-state index contributed by atoms with van der Waals surface area (Å²) in [4.78, 5) is 2.66. The number of unbranched alkanes of at least 4 members (excludes halogenated alkanes) is 2. The van der Waals surface area contributed by atoms with Gasteiger partial charge in [-0.25, -0.2) is 0 Å². The van der Waals surface area contributed by atoms with E-state index in [4.69, 9.17) is 0 Å². The van der Waals surface area contributed by atoms with Gasteiger partial charge < -0.3 is 10.2 Å². The normalized spacial score (nSPS) is 13.3. The Balaban J connectivity index is 4.27. The van der Waals surface area contributed by atoms with Gasteiger partial charge in [-0.2, -0.15) is 0 Å². The van der Waals surface area contributed by atoms with E-state index < -0.39 is 0 Å². The summed E-state index contributed by atoms with van der Waals surface area (Å²) in [7, 11) is 0. The molecule has 0 aromatic carbocycles. The highest BCUT2D eigenvalue weighted by atomic mass is 15.1. The van der Waals surface area contributed by atoms with Gasteiger partial charge in [0.15, 0.2) is 0 Å². The third-order valence-electron chi connectivity index (χ3n) is 3.40. The summed E-state index contributed by atoms with van der Waals surface area (Å²) < 4.78 is 0. The van der Waals surface area contributed by atoms with Crippen LogP contribution in [-0.4, -0.2) is 36.6 Å². The molecule has 1 N–H and O–H groups in total. The lowest BCUT2D eigenvalue weighted by Crippen LogP contribution is -2.46. The van der Waals surface area contributed by atoms with Gasteiger partial charge in [-0.05, 0) is 52.1 Å². The maximum atomic E-state index is 3.65. The second-order valence-corrected chi connectivity index (χ2v) is 7.75. The zero-order chi connectivity index (χ0) is 14.9. The van der Waals surface area contributed by atoms with Gasteiger partial charge in [0.25, 0.3) is 0 Å². The van der Waals surface area contributed by atoms with Crippen molar-refractivity contribution in [3.05, 3.63) is 0 Å². The Morgan fingerprint density at radius 2 is 1.32 bits per heavy atom. The highest BCUT2D eigenvalue weighted by molar-refractivity contribution is 4.81. The minimum atomic E-state index is 0.217. The zero-order valence-electron chi connectivity index (χ0n) is 14.6. The van der Waals surface area contributed by atoms with Crippen molar-refractivity contribution >= 4 is 0 Å². The van der Waals surface area contributed by atoms with Gasteiger partial charge in [0, 0.05) is 18.6 Å². The van der Waals surface area contributed by atoms with Crippen molar-refractivity contribution in [2.75, 3.05) is 26.2 Å². The van der Waals surface area contributed by atoms with Crippen LogP contribution in [0.2, 0.25) is 0 Å². The van der Waals surface area contributed by atoms with Crippen molar-refractivity contribution < 1.29 is 0 Å². The fraction of sp³-hybridized carbons (Fsp3) is 1.00. The van der Waals surface area contributed by atoms with Crippen molar-refractivity contribution in [2.45, 2.75) is 79.7 Å². The molecule has 0 heterocycles. The molecule has 0 amide bonds. The molecule has 0 saturated heterocycles. The molecule has 0 aromatic rings. The predicted octanol–water partition coefficient (Wildman–Crippen LogP) is 4.30. The van der Waals surface area contributed by atoms with E-state index in [2.05, 4.69) is 58.7 Å². The van der Waals surface area contributed by atoms with Crippen LogP contribution in [0.5, 0.6) is 0 Å². The quantitative estimate of drug-likeness (QED) is 0.636. The van der Waals surface area contributed by atoms with E-state index in [-0.39, 0.29) is 5.54 Å². The van der Waals surface area contributed by atoms with Gasteiger partial charge in [0.2, 0.25) is 0 Å². The lowest BCUT2D eigenvalue weighted by molar-refractivity contribution is 0.161. The summed E-state index contributed by atoms with van der Waals surface area (Å²) >= 11 is 0. The fourth-order valence-electron chi connectivity index (χ4n) is 2.20. The molecule has 0 atom stereocenters. The SMILES string of the molecule is CCCCN(CCCC)CC(C)(C)CNC(C)(C)C. The summed E-state index contributed by atoms with van der Waals surface area (Å²) in [6.07, 6.45) is 5.24. The van der Waals surface area contributed by atoms with E-state index in [0.717, 1.165) is 6.54 Å². The topological polar surface area (TPSA) is 15.3 Å². The molecule has 0 radical (unpaired) electrons. The molecule has 0 rings (SSSR count). The van der Waals surface area contributed by atoms with E-state index in [0.29, 0.717) is 5.41 Å². The molecule has 0 aromatic heterocycles. The first kappa shape index (κ1) is 18.9. The predicted molar refractivity (Wildman–Crippen MR) is 87.8 cm³/mol. The van der Waals surface area contributed by atoms with Crippen LogP contribution in [0.4, 0.5) is 0 Å². The molecule has 0 fully saturated rings. The lowest BCUT2D eigenvalue weighted by Gasteiger charge is -2.35. The maximum absolute atomic E-state index is 3.65. The van der Waals surface area contributed by atoms with Crippen LogP contribution >= 0.6 is 0 Å². The molecule has 0 spiro atoms. The van der Waals surface area contributed by atoms with Crippen LogP contribution in [0, 0.1) is 5.41 Å². The van der Waals surface area contributed by atoms with Gasteiger partial charge in [-0.1, -0.05) is 40.5 Å². The van der Waals surface area contributed by atoms with Crippen LogP contribution < -0.4 is 5.32 Å². The monoisotopic (exact) mass is 270 g/mol. The molecule has 0 unspecified atom stereocenters. The van der Waals surface area contributed by atoms with Crippen LogP contribution in [0.25, 0.3) is 0 Å². The number of nitrogens with one attached hydrogen (secondary N) is 1. The van der Waals surface area contributed by atoms with Crippen molar-refractivity contribution in [3.63, 3.8) is 0 Å². The van der Waals surface area contributed by atoms with E-state index in [1.165, 1.54) is 45.3 Å². The molecule has 2 heteroatoms. The Morgan fingerprint density at radius 1 is 0.842 bits per heavy atom. The summed E-state index contributed by atoms with van der Waals surface area (Å²) in [5.74, 6) is 0. The molecule has 2 nitrogen and oxygen atoms in total.